The summed E-state index contributed by atoms with van der Waals surface area (Å²) in [5.41, 5.74) is 4.81. The first-order valence-corrected chi connectivity index (χ1v) is 9.92. The molecule has 0 amide bonds. The Kier molecular flexibility index (Phi) is 5.67. The lowest BCUT2D eigenvalue weighted by molar-refractivity contribution is -0.139. The number of carboxylic acid groups (broad SMARTS) is 1. The maximum absolute atomic E-state index is 10.7. The molecule has 1 aliphatic heterocycles. The van der Waals surface area contributed by atoms with Crippen LogP contribution in [0.1, 0.15) is 22.5 Å². The molecular formula is C24H25NO4. The summed E-state index contributed by atoms with van der Waals surface area (Å²) in [5, 5.41) is 8.79. The van der Waals surface area contributed by atoms with E-state index in [2.05, 4.69) is 36.1 Å². The molecule has 5 heteroatoms. The minimum Gasteiger partial charge on any atom is -0.482 e. The number of carboxylic acids is 1. The lowest BCUT2D eigenvalue weighted by Gasteiger charge is -2.18. The first-order chi connectivity index (χ1) is 14.1. The molecule has 0 atom stereocenters. The Balaban J connectivity index is 1.43. The van der Waals surface area contributed by atoms with Crippen LogP contribution in [-0.2, 0) is 24.2 Å². The average Bonchev–Trinajstić information content (AvgIpc) is 2.97. The van der Waals surface area contributed by atoms with E-state index in [4.69, 9.17) is 14.3 Å². The van der Waals surface area contributed by atoms with Gasteiger partial charge in [0, 0.05) is 18.7 Å². The highest BCUT2D eigenvalue weighted by Gasteiger charge is 2.18. The number of ether oxygens (including phenoxy) is 1. The van der Waals surface area contributed by atoms with Crippen molar-refractivity contribution in [2.75, 3.05) is 19.7 Å². The van der Waals surface area contributed by atoms with Gasteiger partial charge in [0.2, 0.25) is 0 Å². The molecule has 1 aromatic heterocycles. The molecule has 29 heavy (non-hydrogen) atoms. The average molecular weight is 391 g/mol. The molecule has 2 aromatic carbocycles. The van der Waals surface area contributed by atoms with Gasteiger partial charge in [-0.3, -0.25) is 4.90 Å². The van der Waals surface area contributed by atoms with Crippen LogP contribution in [0.15, 0.2) is 59.0 Å². The molecule has 0 fully saturated rings. The van der Waals surface area contributed by atoms with E-state index in [1.54, 1.807) is 0 Å². The van der Waals surface area contributed by atoms with Gasteiger partial charge in [0.1, 0.15) is 17.3 Å². The highest BCUT2D eigenvalue weighted by molar-refractivity contribution is 5.68. The third-order valence-corrected chi connectivity index (χ3v) is 5.38. The predicted octanol–water partition coefficient (Wildman–Crippen LogP) is 4.32. The van der Waals surface area contributed by atoms with Crippen molar-refractivity contribution >= 4 is 5.97 Å². The number of aliphatic carboxylic acids is 1. The fourth-order valence-electron chi connectivity index (χ4n) is 3.77. The first-order valence-electron chi connectivity index (χ1n) is 9.92. The molecule has 0 spiro atoms. The number of aryl methyl sites for hydroxylation is 1. The van der Waals surface area contributed by atoms with Gasteiger partial charge in [0.25, 0.3) is 0 Å². The summed E-state index contributed by atoms with van der Waals surface area (Å²) in [6.07, 6.45) is 1.87. The smallest absolute Gasteiger partial charge is 0.341 e. The molecule has 2 heterocycles. The van der Waals surface area contributed by atoms with Crippen molar-refractivity contribution in [2.45, 2.75) is 26.3 Å². The van der Waals surface area contributed by atoms with Crippen LogP contribution in [0.3, 0.4) is 0 Å². The number of carbonyl (C=O) groups is 1. The van der Waals surface area contributed by atoms with Crippen LogP contribution in [0.5, 0.6) is 5.75 Å². The third-order valence-electron chi connectivity index (χ3n) is 5.38. The standard InChI is InChI=1S/C24H25NO4/c1-17-13-22(19-5-3-2-4-6-19)29-23(17)15-25-11-9-18-7-8-21(28-16-24(26)27)14-20(18)10-12-25/h2-8,13-14H,9-12,15-16H2,1H3,(H,26,27). The van der Waals surface area contributed by atoms with Gasteiger partial charge in [-0.1, -0.05) is 36.4 Å². The van der Waals surface area contributed by atoms with E-state index in [1.165, 1.54) is 16.7 Å². The molecule has 0 bridgehead atoms. The van der Waals surface area contributed by atoms with E-state index < -0.39 is 5.97 Å². The van der Waals surface area contributed by atoms with E-state index in [-0.39, 0.29) is 6.61 Å². The molecule has 1 N–H and O–H groups in total. The van der Waals surface area contributed by atoms with Crippen molar-refractivity contribution in [1.29, 1.82) is 0 Å². The zero-order valence-corrected chi connectivity index (χ0v) is 16.6. The molecule has 3 aromatic rings. The van der Waals surface area contributed by atoms with Crippen LogP contribution in [-0.4, -0.2) is 35.7 Å². The van der Waals surface area contributed by atoms with Gasteiger partial charge in [-0.25, -0.2) is 4.79 Å². The van der Waals surface area contributed by atoms with Crippen LogP contribution in [0.2, 0.25) is 0 Å². The summed E-state index contributed by atoms with van der Waals surface area (Å²) in [7, 11) is 0. The van der Waals surface area contributed by atoms with Gasteiger partial charge in [0.05, 0.1) is 6.54 Å². The Morgan fingerprint density at radius 2 is 1.83 bits per heavy atom. The number of benzene rings is 2. The summed E-state index contributed by atoms with van der Waals surface area (Å²) in [6, 6.07) is 18.2. The first kappa shape index (κ1) is 19.3. The number of rotatable bonds is 6. The summed E-state index contributed by atoms with van der Waals surface area (Å²) in [5.74, 6) is 1.58. The van der Waals surface area contributed by atoms with Gasteiger partial charge in [0.15, 0.2) is 6.61 Å². The van der Waals surface area contributed by atoms with Crippen LogP contribution < -0.4 is 4.74 Å². The van der Waals surface area contributed by atoms with Crippen molar-refractivity contribution in [3.05, 3.63) is 77.0 Å². The fraction of sp³-hybridized carbons (Fsp3) is 0.292. The van der Waals surface area contributed by atoms with Gasteiger partial charge < -0.3 is 14.3 Å². The second kappa shape index (κ2) is 8.53. The Labute approximate surface area is 170 Å². The Bertz CT molecular complexity index is 993. The molecular weight excluding hydrogens is 366 g/mol. The lowest BCUT2D eigenvalue weighted by atomic mass is 10.0. The zero-order chi connectivity index (χ0) is 20.2. The van der Waals surface area contributed by atoms with Crippen molar-refractivity contribution in [2.24, 2.45) is 0 Å². The van der Waals surface area contributed by atoms with Crippen LogP contribution in [0, 0.1) is 6.92 Å². The normalized spacial score (nSPS) is 14.2. The molecule has 0 saturated heterocycles. The molecule has 5 nitrogen and oxygen atoms in total. The van der Waals surface area contributed by atoms with Crippen LogP contribution >= 0.6 is 0 Å². The van der Waals surface area contributed by atoms with Crippen molar-refractivity contribution in [3.63, 3.8) is 0 Å². The van der Waals surface area contributed by atoms with E-state index >= 15 is 0 Å². The predicted molar refractivity (Wildman–Crippen MR) is 111 cm³/mol. The maximum atomic E-state index is 10.7. The number of furan rings is 1. The molecule has 150 valence electrons. The summed E-state index contributed by atoms with van der Waals surface area (Å²) < 4.78 is 11.5. The highest BCUT2D eigenvalue weighted by atomic mass is 16.5. The van der Waals surface area contributed by atoms with Crippen LogP contribution in [0.25, 0.3) is 11.3 Å². The largest absolute Gasteiger partial charge is 0.482 e. The Hall–Kier alpha value is -3.05. The van der Waals surface area contributed by atoms with Crippen molar-refractivity contribution < 1.29 is 19.1 Å². The van der Waals surface area contributed by atoms with Gasteiger partial charge in [-0.2, -0.15) is 0 Å². The molecule has 0 aliphatic carbocycles. The van der Waals surface area contributed by atoms with E-state index in [9.17, 15) is 4.79 Å². The van der Waals surface area contributed by atoms with E-state index in [0.717, 1.165) is 49.6 Å². The fourth-order valence-corrected chi connectivity index (χ4v) is 3.77. The summed E-state index contributed by atoms with van der Waals surface area (Å²) >= 11 is 0. The van der Waals surface area contributed by atoms with Crippen LogP contribution in [0.4, 0.5) is 0 Å². The number of hydrogen-bond donors (Lipinski definition) is 1. The number of nitrogens with zero attached hydrogens (tertiary/aromatic N) is 1. The second-order valence-electron chi connectivity index (χ2n) is 7.47. The number of hydrogen-bond acceptors (Lipinski definition) is 4. The monoisotopic (exact) mass is 391 g/mol. The topological polar surface area (TPSA) is 62.9 Å². The minimum atomic E-state index is -0.963. The van der Waals surface area contributed by atoms with E-state index in [1.807, 2.05) is 30.3 Å². The number of fused-ring (bicyclic) bond motifs is 1. The molecule has 0 unspecified atom stereocenters. The molecule has 1 aliphatic rings. The van der Waals surface area contributed by atoms with E-state index in [0.29, 0.717) is 5.75 Å². The van der Waals surface area contributed by atoms with Gasteiger partial charge in [-0.15, -0.1) is 0 Å². The zero-order valence-electron chi connectivity index (χ0n) is 16.6. The summed E-state index contributed by atoms with van der Waals surface area (Å²) in [4.78, 5) is 13.1. The molecule has 0 saturated carbocycles. The van der Waals surface area contributed by atoms with Gasteiger partial charge >= 0.3 is 5.97 Å². The molecule has 4 rings (SSSR count). The second-order valence-corrected chi connectivity index (χ2v) is 7.47. The van der Waals surface area contributed by atoms with Gasteiger partial charge in [-0.05, 0) is 54.7 Å². The highest BCUT2D eigenvalue weighted by Crippen LogP contribution is 2.27. The molecule has 0 radical (unpaired) electrons. The Morgan fingerprint density at radius 1 is 1.07 bits per heavy atom. The van der Waals surface area contributed by atoms with Crippen molar-refractivity contribution in [1.82, 2.24) is 4.90 Å². The third kappa shape index (κ3) is 4.69. The SMILES string of the molecule is Cc1cc(-c2ccccc2)oc1CN1CCc2ccc(OCC(=O)O)cc2CC1. The Morgan fingerprint density at radius 3 is 2.59 bits per heavy atom. The summed E-state index contributed by atoms with van der Waals surface area (Å²) in [6.45, 7) is 4.46. The lowest BCUT2D eigenvalue weighted by Crippen LogP contribution is -2.26. The minimum absolute atomic E-state index is 0.313. The quantitative estimate of drug-likeness (QED) is 0.678. The van der Waals surface area contributed by atoms with Crippen molar-refractivity contribution in [3.8, 4) is 17.1 Å². The maximum Gasteiger partial charge on any atom is 0.341 e.